The van der Waals surface area contributed by atoms with Crippen LogP contribution in [-0.2, 0) is 0 Å². The molecule has 2 heterocycles. The van der Waals surface area contributed by atoms with E-state index in [-0.39, 0.29) is 17.4 Å². The van der Waals surface area contributed by atoms with Crippen LogP contribution in [0, 0.1) is 0 Å². The normalized spacial score (nSPS) is 11.4. The fourth-order valence-electron chi connectivity index (χ4n) is 1.35. The molecule has 74 valence electrons. The molecule has 0 saturated heterocycles. The maximum atomic E-state index is 11.4. The fraction of sp³-hybridized carbons (Fsp3) is 0.375. The number of anilines is 1. The van der Waals surface area contributed by atoms with Gasteiger partial charge >= 0.3 is 0 Å². The van der Waals surface area contributed by atoms with Crippen LogP contribution >= 0.6 is 0 Å². The summed E-state index contributed by atoms with van der Waals surface area (Å²) in [5.41, 5.74) is 6.86. The number of rotatable bonds is 1. The third-order valence-corrected chi connectivity index (χ3v) is 2.02. The summed E-state index contributed by atoms with van der Waals surface area (Å²) in [4.78, 5) is 17.8. The van der Waals surface area contributed by atoms with Crippen molar-refractivity contribution in [2.45, 2.75) is 19.8 Å². The van der Waals surface area contributed by atoms with E-state index in [9.17, 15) is 4.79 Å². The van der Waals surface area contributed by atoms with Crippen molar-refractivity contribution in [3.8, 4) is 0 Å². The van der Waals surface area contributed by atoms with Gasteiger partial charge in [0, 0.05) is 0 Å². The number of nitrogens with two attached hydrogens (primary N) is 1. The molecule has 0 amide bonds. The first kappa shape index (κ1) is 8.74. The highest BCUT2D eigenvalue weighted by Gasteiger charge is 2.13. The van der Waals surface area contributed by atoms with E-state index in [1.54, 1.807) is 0 Å². The van der Waals surface area contributed by atoms with Gasteiger partial charge in [0.2, 0.25) is 5.95 Å². The van der Waals surface area contributed by atoms with E-state index in [1.807, 2.05) is 13.8 Å². The van der Waals surface area contributed by atoms with E-state index in [2.05, 4.69) is 20.2 Å². The average Bonchev–Trinajstić information content (AvgIpc) is 2.47. The number of aromatic nitrogens is 4. The minimum Gasteiger partial charge on any atom is -0.369 e. The third-order valence-electron chi connectivity index (χ3n) is 2.02. The Hall–Kier alpha value is -1.85. The lowest BCUT2D eigenvalue weighted by Crippen LogP contribution is -2.11. The lowest BCUT2D eigenvalue weighted by atomic mass is 10.1. The first-order chi connectivity index (χ1) is 6.59. The van der Waals surface area contributed by atoms with E-state index >= 15 is 0 Å². The monoisotopic (exact) mass is 193 g/mol. The minimum atomic E-state index is -0.285. The molecule has 0 aliphatic heterocycles. The van der Waals surface area contributed by atoms with E-state index in [0.29, 0.717) is 11.0 Å². The number of hydrogen-bond acceptors (Lipinski definition) is 4. The topological polar surface area (TPSA) is 100 Å². The molecule has 0 unspecified atom stereocenters. The highest BCUT2D eigenvalue weighted by atomic mass is 16.1. The molecule has 2 rings (SSSR count). The van der Waals surface area contributed by atoms with Crippen LogP contribution in [0.25, 0.3) is 11.0 Å². The summed E-state index contributed by atoms with van der Waals surface area (Å²) in [6.45, 7) is 3.96. The Morgan fingerprint density at radius 3 is 2.79 bits per heavy atom. The Morgan fingerprint density at radius 1 is 1.43 bits per heavy atom. The number of hydrogen-bond donors (Lipinski definition) is 3. The van der Waals surface area contributed by atoms with Gasteiger partial charge < -0.3 is 5.73 Å². The largest absolute Gasteiger partial charge is 0.369 e. The van der Waals surface area contributed by atoms with Crippen LogP contribution in [0.4, 0.5) is 5.95 Å². The molecule has 0 saturated carbocycles. The summed E-state index contributed by atoms with van der Waals surface area (Å²) in [5, 5.41) is 6.69. The summed E-state index contributed by atoms with van der Waals surface area (Å²) in [6.07, 6.45) is 0. The molecule has 0 atom stereocenters. The van der Waals surface area contributed by atoms with Crippen LogP contribution in [-0.4, -0.2) is 20.2 Å². The molecule has 0 radical (unpaired) electrons. The van der Waals surface area contributed by atoms with Gasteiger partial charge in [-0.1, -0.05) is 13.8 Å². The Kier molecular flexibility index (Phi) is 1.77. The van der Waals surface area contributed by atoms with Crippen molar-refractivity contribution in [1.82, 2.24) is 20.2 Å². The van der Waals surface area contributed by atoms with Gasteiger partial charge in [0.15, 0.2) is 0 Å². The molecule has 4 N–H and O–H groups in total. The Morgan fingerprint density at radius 2 is 2.14 bits per heavy atom. The molecule has 0 aliphatic rings. The number of nitrogens with one attached hydrogen (secondary N) is 2. The molecule has 0 aromatic carbocycles. The Bertz CT molecular complexity index is 524. The van der Waals surface area contributed by atoms with Gasteiger partial charge in [-0.25, -0.2) is 4.98 Å². The second-order valence-electron chi connectivity index (χ2n) is 3.44. The lowest BCUT2D eigenvalue weighted by molar-refractivity contribution is 0.815. The lowest BCUT2D eigenvalue weighted by Gasteiger charge is -1.99. The maximum Gasteiger partial charge on any atom is 0.278 e. The number of nitrogen functional groups attached to an aromatic ring is 1. The molecule has 0 aliphatic carbocycles. The molecular weight excluding hydrogens is 182 g/mol. The highest BCUT2D eigenvalue weighted by Crippen LogP contribution is 2.18. The first-order valence-electron chi connectivity index (χ1n) is 4.33. The van der Waals surface area contributed by atoms with Crippen molar-refractivity contribution in [2.75, 3.05) is 5.73 Å². The molecular formula is C8H11N5O. The maximum absolute atomic E-state index is 11.4. The second-order valence-corrected chi connectivity index (χ2v) is 3.44. The second kappa shape index (κ2) is 2.83. The SMILES string of the molecule is CC(C)c1n[nH]c2c(=O)[nH]c(N)nc12. The van der Waals surface area contributed by atoms with Gasteiger partial charge in [-0.2, -0.15) is 5.10 Å². The summed E-state index contributed by atoms with van der Waals surface area (Å²) < 4.78 is 0. The van der Waals surface area contributed by atoms with Crippen LogP contribution in [0.5, 0.6) is 0 Å². The number of aromatic amines is 2. The Labute approximate surface area is 79.5 Å². The average molecular weight is 193 g/mol. The van der Waals surface area contributed by atoms with Gasteiger partial charge in [0.05, 0.1) is 5.69 Å². The van der Waals surface area contributed by atoms with Crippen molar-refractivity contribution in [3.05, 3.63) is 16.0 Å². The fourth-order valence-corrected chi connectivity index (χ4v) is 1.35. The molecule has 14 heavy (non-hydrogen) atoms. The molecule has 6 nitrogen and oxygen atoms in total. The molecule has 0 fully saturated rings. The summed E-state index contributed by atoms with van der Waals surface area (Å²) in [5.74, 6) is 0.322. The van der Waals surface area contributed by atoms with Crippen molar-refractivity contribution in [1.29, 1.82) is 0 Å². The molecule has 6 heteroatoms. The first-order valence-corrected chi connectivity index (χ1v) is 4.33. The number of H-pyrrole nitrogens is 2. The van der Waals surface area contributed by atoms with Crippen molar-refractivity contribution >= 4 is 17.0 Å². The standard InChI is InChI=1S/C8H11N5O/c1-3(2)4-5-6(13-12-4)7(14)11-8(9)10-5/h3H,1-2H3,(H,12,13)(H3,9,10,11,14). The summed E-state index contributed by atoms with van der Waals surface area (Å²) >= 11 is 0. The van der Waals surface area contributed by atoms with Gasteiger partial charge in [-0.15, -0.1) is 0 Å². The van der Waals surface area contributed by atoms with Crippen LogP contribution in [0.2, 0.25) is 0 Å². The van der Waals surface area contributed by atoms with Gasteiger partial charge in [-0.3, -0.25) is 14.9 Å². The van der Waals surface area contributed by atoms with Crippen molar-refractivity contribution in [3.63, 3.8) is 0 Å². The summed E-state index contributed by atoms with van der Waals surface area (Å²) in [7, 11) is 0. The van der Waals surface area contributed by atoms with E-state index in [4.69, 9.17) is 5.73 Å². The predicted molar refractivity (Wildman–Crippen MR) is 53.0 cm³/mol. The van der Waals surface area contributed by atoms with Crippen molar-refractivity contribution in [2.24, 2.45) is 0 Å². The van der Waals surface area contributed by atoms with Crippen LogP contribution in [0.15, 0.2) is 4.79 Å². The minimum absolute atomic E-state index is 0.116. The van der Waals surface area contributed by atoms with E-state index < -0.39 is 0 Å². The van der Waals surface area contributed by atoms with Crippen molar-refractivity contribution < 1.29 is 0 Å². The van der Waals surface area contributed by atoms with Gasteiger partial charge in [0.1, 0.15) is 11.0 Å². The number of fused-ring (bicyclic) bond motifs is 1. The molecule has 2 aromatic rings. The van der Waals surface area contributed by atoms with Gasteiger partial charge in [0.25, 0.3) is 5.56 Å². The van der Waals surface area contributed by atoms with Crippen LogP contribution < -0.4 is 11.3 Å². The van der Waals surface area contributed by atoms with Gasteiger partial charge in [-0.05, 0) is 5.92 Å². The third kappa shape index (κ3) is 1.15. The summed E-state index contributed by atoms with van der Waals surface area (Å²) in [6, 6.07) is 0. The number of nitrogens with zero attached hydrogens (tertiary/aromatic N) is 2. The molecule has 2 aromatic heterocycles. The zero-order valence-electron chi connectivity index (χ0n) is 7.96. The molecule has 0 bridgehead atoms. The van der Waals surface area contributed by atoms with E-state index in [1.165, 1.54) is 0 Å². The predicted octanol–water partition coefficient (Wildman–Crippen LogP) is 0.352. The van der Waals surface area contributed by atoms with Crippen LogP contribution in [0.1, 0.15) is 25.5 Å². The highest BCUT2D eigenvalue weighted by molar-refractivity contribution is 5.77. The van der Waals surface area contributed by atoms with E-state index in [0.717, 1.165) is 5.69 Å². The smallest absolute Gasteiger partial charge is 0.278 e. The molecule has 0 spiro atoms. The Balaban J connectivity index is 2.85. The zero-order valence-corrected chi connectivity index (χ0v) is 7.96. The van der Waals surface area contributed by atoms with Crippen LogP contribution in [0.3, 0.4) is 0 Å². The zero-order chi connectivity index (χ0) is 10.3. The quantitative estimate of drug-likeness (QED) is 0.608.